The van der Waals surface area contributed by atoms with E-state index < -0.39 is 6.10 Å². The van der Waals surface area contributed by atoms with Crippen molar-refractivity contribution in [2.75, 3.05) is 20.2 Å². The van der Waals surface area contributed by atoms with E-state index in [4.69, 9.17) is 9.47 Å². The molecule has 6 heteroatoms. The number of nitrogens with zero attached hydrogens (tertiary/aromatic N) is 1. The lowest BCUT2D eigenvalue weighted by Gasteiger charge is -2.23. The molecule has 2 bridgehead atoms. The molecule has 1 unspecified atom stereocenters. The van der Waals surface area contributed by atoms with Crippen molar-refractivity contribution in [2.45, 2.75) is 38.5 Å². The molecule has 24 heavy (non-hydrogen) atoms. The number of methoxy groups -OCH3 is 1. The van der Waals surface area contributed by atoms with Gasteiger partial charge >= 0.3 is 6.03 Å². The molecule has 1 aromatic rings. The maximum Gasteiger partial charge on any atom is 0.317 e. The number of ether oxygens (including phenoxy) is 2. The average Bonchev–Trinajstić information content (AvgIpc) is 2.96. The average molecular weight is 332 g/mol. The van der Waals surface area contributed by atoms with Gasteiger partial charge in [0.1, 0.15) is 6.10 Å². The number of amides is 2. The third-order valence-corrected chi connectivity index (χ3v) is 4.42. The highest BCUT2D eigenvalue weighted by Gasteiger charge is 2.31. The number of urea groups is 1. The number of benzene rings is 1. The molecule has 0 saturated carbocycles. The van der Waals surface area contributed by atoms with Crippen LogP contribution in [0.25, 0.3) is 0 Å². The summed E-state index contributed by atoms with van der Waals surface area (Å²) in [6, 6.07) is 3.76. The molecule has 0 radical (unpaired) electrons. The largest absolute Gasteiger partial charge is 0.493 e. The van der Waals surface area contributed by atoms with Crippen LogP contribution >= 0.6 is 0 Å². The smallest absolute Gasteiger partial charge is 0.317 e. The van der Waals surface area contributed by atoms with Crippen LogP contribution in [0.5, 0.6) is 11.5 Å². The molecule has 0 spiro atoms. The highest BCUT2D eigenvalue weighted by molar-refractivity contribution is 5.74. The summed E-state index contributed by atoms with van der Waals surface area (Å²) < 4.78 is 11.4. The molecule has 0 fully saturated rings. The van der Waals surface area contributed by atoms with Gasteiger partial charge in [-0.15, -0.1) is 0 Å². The molecule has 1 aromatic carbocycles. The molecule has 0 aliphatic carbocycles. The first-order valence-corrected chi connectivity index (χ1v) is 8.35. The van der Waals surface area contributed by atoms with Crippen molar-refractivity contribution in [3.05, 3.63) is 35.4 Å². The molecule has 2 aliphatic rings. The summed E-state index contributed by atoms with van der Waals surface area (Å²) >= 11 is 0. The van der Waals surface area contributed by atoms with E-state index in [1.165, 1.54) is 0 Å². The first kappa shape index (κ1) is 16.6. The van der Waals surface area contributed by atoms with Crippen molar-refractivity contribution in [1.82, 2.24) is 10.2 Å². The molecule has 2 amide bonds. The van der Waals surface area contributed by atoms with Gasteiger partial charge in [-0.25, -0.2) is 4.79 Å². The van der Waals surface area contributed by atoms with Gasteiger partial charge in [0.25, 0.3) is 0 Å². The number of carbonyl (C=O) groups excluding carboxylic acids is 1. The molecule has 6 nitrogen and oxygen atoms in total. The zero-order valence-electron chi connectivity index (χ0n) is 14.1. The van der Waals surface area contributed by atoms with Crippen LogP contribution in [0.15, 0.2) is 24.3 Å². The van der Waals surface area contributed by atoms with Gasteiger partial charge < -0.3 is 24.8 Å². The Hall–Kier alpha value is -2.21. The van der Waals surface area contributed by atoms with Crippen molar-refractivity contribution in [3.63, 3.8) is 0 Å². The van der Waals surface area contributed by atoms with Crippen LogP contribution in [-0.2, 0) is 13.0 Å². The molecule has 0 saturated heterocycles. The van der Waals surface area contributed by atoms with E-state index in [1.54, 1.807) is 18.1 Å². The van der Waals surface area contributed by atoms with Gasteiger partial charge in [0, 0.05) is 38.0 Å². The maximum absolute atomic E-state index is 12.3. The third kappa shape index (κ3) is 3.33. The quantitative estimate of drug-likeness (QED) is 0.811. The Morgan fingerprint density at radius 1 is 1.50 bits per heavy atom. The second-order valence-electron chi connectivity index (χ2n) is 6.13. The lowest BCUT2D eigenvalue weighted by atomic mass is 10.00. The molecule has 3 rings (SSSR count). The van der Waals surface area contributed by atoms with Crippen molar-refractivity contribution in [2.24, 2.45) is 0 Å². The Labute approximate surface area is 142 Å². The van der Waals surface area contributed by atoms with Crippen LogP contribution < -0.4 is 14.8 Å². The van der Waals surface area contributed by atoms with Crippen molar-refractivity contribution in [3.8, 4) is 11.5 Å². The van der Waals surface area contributed by atoms with Gasteiger partial charge in [-0.05, 0) is 18.6 Å². The molecular formula is C18H24N2O4. The lowest BCUT2D eigenvalue weighted by Crippen LogP contribution is -2.39. The Balaban J connectivity index is 1.97. The fourth-order valence-electron chi connectivity index (χ4n) is 3.26. The van der Waals surface area contributed by atoms with Crippen molar-refractivity contribution < 1.29 is 19.4 Å². The summed E-state index contributed by atoms with van der Waals surface area (Å²) in [7, 11) is 1.62. The van der Waals surface area contributed by atoms with Crippen LogP contribution in [0.1, 0.15) is 24.5 Å². The normalized spacial score (nSPS) is 23.9. The van der Waals surface area contributed by atoms with E-state index in [9.17, 15) is 9.90 Å². The minimum Gasteiger partial charge on any atom is -0.493 e. The predicted molar refractivity (Wildman–Crippen MR) is 90.4 cm³/mol. The number of hydrogen-bond donors (Lipinski definition) is 2. The van der Waals surface area contributed by atoms with Crippen molar-refractivity contribution >= 4 is 6.03 Å². The second-order valence-corrected chi connectivity index (χ2v) is 6.13. The summed E-state index contributed by atoms with van der Waals surface area (Å²) in [5.74, 6) is 1.44. The van der Waals surface area contributed by atoms with Gasteiger partial charge in [-0.3, -0.25) is 0 Å². The standard InChI is InChI=1S/C18H24N2O4/c1-3-19-18(22)20-8-4-5-13(21)9-14-10-15-12(11-20)6-7-16(23-2)17(15)24-14/h4-7,13-14,21H,3,8-11H2,1-2H3,(H,19,22)/b5-4+/t13-,14?/m0/s1. The number of hydrogen-bond acceptors (Lipinski definition) is 4. The summed E-state index contributed by atoms with van der Waals surface area (Å²) in [6.45, 7) is 3.42. The topological polar surface area (TPSA) is 71.0 Å². The van der Waals surface area contributed by atoms with Crippen LogP contribution in [0.2, 0.25) is 0 Å². The van der Waals surface area contributed by atoms with E-state index in [0.717, 1.165) is 23.3 Å². The number of aliphatic hydroxyl groups excluding tert-OH is 1. The van der Waals surface area contributed by atoms with Crippen LogP contribution in [0.4, 0.5) is 4.79 Å². The summed E-state index contributed by atoms with van der Waals surface area (Å²) in [5.41, 5.74) is 2.13. The SMILES string of the molecule is CCNC(=O)N1C/C=C/[C@H](O)CC2Cc3c(ccc(OC)c3O2)C1. The fourth-order valence-corrected chi connectivity index (χ4v) is 3.26. The van der Waals surface area contributed by atoms with Crippen molar-refractivity contribution in [1.29, 1.82) is 0 Å². The molecule has 130 valence electrons. The summed E-state index contributed by atoms with van der Waals surface area (Å²) in [5, 5.41) is 13.0. The number of fused-ring (bicyclic) bond motifs is 1. The van der Waals surface area contributed by atoms with E-state index in [1.807, 2.05) is 25.1 Å². The molecule has 0 aromatic heterocycles. The van der Waals surface area contributed by atoms with Gasteiger partial charge in [-0.1, -0.05) is 18.2 Å². The van der Waals surface area contributed by atoms with Gasteiger partial charge in [0.2, 0.25) is 0 Å². The number of nitrogens with one attached hydrogen (secondary N) is 1. The lowest BCUT2D eigenvalue weighted by molar-refractivity contribution is 0.133. The van der Waals surface area contributed by atoms with E-state index in [-0.39, 0.29) is 12.1 Å². The Morgan fingerprint density at radius 2 is 2.33 bits per heavy atom. The van der Waals surface area contributed by atoms with Gasteiger partial charge in [0.15, 0.2) is 11.5 Å². The third-order valence-electron chi connectivity index (χ3n) is 4.42. The summed E-state index contributed by atoms with van der Waals surface area (Å²) in [6.07, 6.45) is 4.15. The zero-order valence-corrected chi connectivity index (χ0v) is 14.1. The predicted octanol–water partition coefficient (Wildman–Crippen LogP) is 1.85. The molecule has 2 heterocycles. The number of rotatable bonds is 2. The van der Waals surface area contributed by atoms with E-state index >= 15 is 0 Å². The van der Waals surface area contributed by atoms with Crippen LogP contribution in [0.3, 0.4) is 0 Å². The van der Waals surface area contributed by atoms with Crippen LogP contribution in [0, 0.1) is 0 Å². The number of aliphatic hydroxyl groups is 1. The van der Waals surface area contributed by atoms with E-state index in [2.05, 4.69) is 5.32 Å². The minimum atomic E-state index is -0.590. The fraction of sp³-hybridized carbons (Fsp3) is 0.500. The summed E-state index contributed by atoms with van der Waals surface area (Å²) in [4.78, 5) is 14.0. The van der Waals surface area contributed by atoms with Gasteiger partial charge in [0.05, 0.1) is 13.2 Å². The molecule has 2 atom stereocenters. The Bertz CT molecular complexity index is 644. The molecular weight excluding hydrogens is 308 g/mol. The van der Waals surface area contributed by atoms with Crippen LogP contribution in [-0.4, -0.2) is 48.4 Å². The highest BCUT2D eigenvalue weighted by atomic mass is 16.5. The first-order valence-electron chi connectivity index (χ1n) is 8.35. The minimum absolute atomic E-state index is 0.0780. The monoisotopic (exact) mass is 332 g/mol. The Morgan fingerprint density at radius 3 is 3.08 bits per heavy atom. The number of carbonyl (C=O) groups is 1. The van der Waals surface area contributed by atoms with Gasteiger partial charge in [-0.2, -0.15) is 0 Å². The zero-order chi connectivity index (χ0) is 17.1. The maximum atomic E-state index is 12.3. The molecule has 2 aliphatic heterocycles. The Kier molecular flexibility index (Phi) is 4.94. The first-order chi connectivity index (χ1) is 11.6. The van der Waals surface area contributed by atoms with E-state index in [0.29, 0.717) is 31.8 Å². The molecule has 2 N–H and O–H groups in total. The highest BCUT2D eigenvalue weighted by Crippen LogP contribution is 2.41. The second kappa shape index (κ2) is 7.13.